The van der Waals surface area contributed by atoms with E-state index in [1.54, 1.807) is 12.1 Å². The summed E-state index contributed by atoms with van der Waals surface area (Å²) >= 11 is 3.32. The molecular weight excluding hydrogens is 274 g/mol. The number of hydrogen-bond donors (Lipinski definition) is 0. The van der Waals surface area contributed by atoms with Crippen molar-refractivity contribution in [2.75, 3.05) is 11.9 Å². The van der Waals surface area contributed by atoms with Gasteiger partial charge in [0.15, 0.2) is 0 Å². The largest absolute Gasteiger partial charge is 0.493 e. The Labute approximate surface area is 103 Å². The van der Waals surface area contributed by atoms with Crippen LogP contribution in [0, 0.1) is 10.1 Å². The van der Waals surface area contributed by atoms with Gasteiger partial charge in [-0.2, -0.15) is 0 Å². The van der Waals surface area contributed by atoms with E-state index < -0.39 is 0 Å². The van der Waals surface area contributed by atoms with E-state index in [9.17, 15) is 10.1 Å². The second kappa shape index (κ2) is 6.48. The topological polar surface area (TPSA) is 52.4 Å². The molecule has 5 heteroatoms. The summed E-state index contributed by atoms with van der Waals surface area (Å²) in [6, 6.07) is 4.95. The van der Waals surface area contributed by atoms with E-state index in [1.165, 1.54) is 6.07 Å². The second-order valence-corrected chi connectivity index (χ2v) is 4.03. The molecule has 1 aromatic rings. The Morgan fingerprint density at radius 2 is 2.25 bits per heavy atom. The van der Waals surface area contributed by atoms with Gasteiger partial charge in [-0.05, 0) is 25.8 Å². The summed E-state index contributed by atoms with van der Waals surface area (Å²) in [5, 5.41) is 11.7. The minimum Gasteiger partial charge on any atom is -0.493 e. The number of nitro benzene ring substituents is 1. The van der Waals surface area contributed by atoms with E-state index in [0.717, 1.165) is 11.8 Å². The maximum absolute atomic E-state index is 10.9. The van der Waals surface area contributed by atoms with Crippen LogP contribution in [0.4, 0.5) is 5.69 Å². The van der Waals surface area contributed by atoms with Crippen LogP contribution in [-0.2, 0) is 6.42 Å². The van der Waals surface area contributed by atoms with Crippen molar-refractivity contribution in [3.63, 3.8) is 0 Å². The second-order valence-electron chi connectivity index (χ2n) is 3.24. The summed E-state index contributed by atoms with van der Waals surface area (Å²) in [4.78, 5) is 10.5. The van der Waals surface area contributed by atoms with Crippen molar-refractivity contribution in [3.8, 4) is 5.75 Å². The highest BCUT2D eigenvalue weighted by atomic mass is 79.9. The maximum Gasteiger partial charge on any atom is 0.276 e. The predicted molar refractivity (Wildman–Crippen MR) is 66.4 cm³/mol. The molecule has 0 heterocycles. The molecule has 0 aromatic heterocycles. The van der Waals surface area contributed by atoms with Gasteiger partial charge in [-0.15, -0.1) is 0 Å². The third kappa shape index (κ3) is 3.20. The molecule has 0 radical (unpaired) electrons. The highest BCUT2D eigenvalue weighted by Crippen LogP contribution is 2.29. The maximum atomic E-state index is 10.9. The van der Waals surface area contributed by atoms with Gasteiger partial charge in [0, 0.05) is 11.4 Å². The molecule has 88 valence electrons. The molecule has 1 rings (SSSR count). The van der Waals surface area contributed by atoms with Crippen LogP contribution in [0.3, 0.4) is 0 Å². The first-order valence-corrected chi connectivity index (χ1v) is 6.27. The Bertz CT molecular complexity index is 368. The van der Waals surface area contributed by atoms with Crippen LogP contribution in [0.5, 0.6) is 5.75 Å². The standard InChI is InChI=1S/C11H14BrNO3/c1-2-16-11-7-3-6-10(13(14)15)9(11)5-4-8-12/h3,6-7H,2,4-5,8H2,1H3. The summed E-state index contributed by atoms with van der Waals surface area (Å²) in [5.74, 6) is 0.623. The number of ether oxygens (including phenoxy) is 1. The molecule has 0 N–H and O–H groups in total. The molecule has 0 atom stereocenters. The summed E-state index contributed by atoms with van der Waals surface area (Å²) in [6.07, 6.45) is 1.50. The summed E-state index contributed by atoms with van der Waals surface area (Å²) < 4.78 is 5.41. The number of nitrogens with zero attached hydrogens (tertiary/aromatic N) is 1. The van der Waals surface area contributed by atoms with E-state index in [0.29, 0.717) is 24.3 Å². The van der Waals surface area contributed by atoms with Gasteiger partial charge in [-0.25, -0.2) is 0 Å². The van der Waals surface area contributed by atoms with Crippen LogP contribution in [-0.4, -0.2) is 16.9 Å². The van der Waals surface area contributed by atoms with E-state index in [1.807, 2.05) is 6.92 Å². The van der Waals surface area contributed by atoms with Crippen molar-refractivity contribution < 1.29 is 9.66 Å². The van der Waals surface area contributed by atoms with Crippen molar-refractivity contribution in [2.45, 2.75) is 19.8 Å². The quantitative estimate of drug-likeness (QED) is 0.458. The lowest BCUT2D eigenvalue weighted by Crippen LogP contribution is -2.01. The predicted octanol–water partition coefficient (Wildman–Crippen LogP) is 3.32. The van der Waals surface area contributed by atoms with Crippen molar-refractivity contribution in [1.29, 1.82) is 0 Å². The number of rotatable bonds is 6. The van der Waals surface area contributed by atoms with Gasteiger partial charge < -0.3 is 4.74 Å². The Kier molecular flexibility index (Phi) is 5.25. The first kappa shape index (κ1) is 13.0. The van der Waals surface area contributed by atoms with Gasteiger partial charge in [0.25, 0.3) is 5.69 Å². The van der Waals surface area contributed by atoms with Crippen LogP contribution >= 0.6 is 15.9 Å². The number of hydrogen-bond acceptors (Lipinski definition) is 3. The fraction of sp³-hybridized carbons (Fsp3) is 0.455. The van der Waals surface area contributed by atoms with Crippen LogP contribution in [0.15, 0.2) is 18.2 Å². The Morgan fingerprint density at radius 3 is 2.81 bits per heavy atom. The first-order chi connectivity index (χ1) is 7.70. The highest BCUT2D eigenvalue weighted by molar-refractivity contribution is 9.09. The van der Waals surface area contributed by atoms with Gasteiger partial charge >= 0.3 is 0 Å². The monoisotopic (exact) mass is 287 g/mol. The van der Waals surface area contributed by atoms with Gasteiger partial charge in [-0.3, -0.25) is 10.1 Å². The number of alkyl halides is 1. The van der Waals surface area contributed by atoms with Crippen LogP contribution in [0.2, 0.25) is 0 Å². The van der Waals surface area contributed by atoms with Crippen LogP contribution < -0.4 is 4.74 Å². The smallest absolute Gasteiger partial charge is 0.276 e. The zero-order valence-corrected chi connectivity index (χ0v) is 10.7. The molecule has 0 aliphatic carbocycles. The molecule has 0 spiro atoms. The Balaban J connectivity index is 3.07. The third-order valence-electron chi connectivity index (χ3n) is 2.17. The normalized spacial score (nSPS) is 10.1. The average molecular weight is 288 g/mol. The van der Waals surface area contributed by atoms with Crippen molar-refractivity contribution in [3.05, 3.63) is 33.9 Å². The molecule has 16 heavy (non-hydrogen) atoms. The summed E-state index contributed by atoms with van der Waals surface area (Å²) in [7, 11) is 0. The average Bonchev–Trinajstić information content (AvgIpc) is 2.27. The van der Waals surface area contributed by atoms with Gasteiger partial charge in [0.1, 0.15) is 5.75 Å². The van der Waals surface area contributed by atoms with E-state index in [2.05, 4.69) is 15.9 Å². The number of halogens is 1. The lowest BCUT2D eigenvalue weighted by atomic mass is 10.1. The van der Waals surface area contributed by atoms with Gasteiger partial charge in [-0.1, -0.05) is 22.0 Å². The third-order valence-corrected chi connectivity index (χ3v) is 2.73. The SMILES string of the molecule is CCOc1cccc([N+](=O)[O-])c1CCCBr. The lowest BCUT2D eigenvalue weighted by molar-refractivity contribution is -0.385. The molecule has 4 nitrogen and oxygen atoms in total. The minimum absolute atomic E-state index is 0.145. The van der Waals surface area contributed by atoms with Crippen LogP contribution in [0.25, 0.3) is 0 Å². The lowest BCUT2D eigenvalue weighted by Gasteiger charge is -2.09. The van der Waals surface area contributed by atoms with Crippen molar-refractivity contribution in [1.82, 2.24) is 0 Å². The molecule has 0 bridgehead atoms. The first-order valence-electron chi connectivity index (χ1n) is 5.15. The van der Waals surface area contributed by atoms with Gasteiger partial charge in [0.2, 0.25) is 0 Å². The Morgan fingerprint density at radius 1 is 1.50 bits per heavy atom. The number of nitro groups is 1. The van der Waals surface area contributed by atoms with Crippen molar-refractivity contribution >= 4 is 21.6 Å². The molecule has 0 saturated heterocycles. The number of benzene rings is 1. The minimum atomic E-state index is -0.355. The molecule has 0 fully saturated rings. The summed E-state index contributed by atoms with van der Waals surface area (Å²) in [6.45, 7) is 2.38. The van der Waals surface area contributed by atoms with Gasteiger partial charge in [0.05, 0.1) is 17.1 Å². The molecule has 0 unspecified atom stereocenters. The highest BCUT2D eigenvalue weighted by Gasteiger charge is 2.17. The molecule has 0 aliphatic heterocycles. The zero-order valence-electron chi connectivity index (χ0n) is 9.11. The summed E-state index contributed by atoms with van der Waals surface area (Å²) in [5.41, 5.74) is 0.834. The van der Waals surface area contributed by atoms with E-state index in [4.69, 9.17) is 4.74 Å². The molecule has 0 amide bonds. The zero-order chi connectivity index (χ0) is 12.0. The fourth-order valence-corrected chi connectivity index (χ4v) is 1.79. The van der Waals surface area contributed by atoms with E-state index in [-0.39, 0.29) is 10.6 Å². The molecule has 1 aromatic carbocycles. The Hall–Kier alpha value is -1.10. The fourth-order valence-electron chi connectivity index (χ4n) is 1.51. The van der Waals surface area contributed by atoms with Crippen molar-refractivity contribution in [2.24, 2.45) is 0 Å². The van der Waals surface area contributed by atoms with Crippen LogP contribution in [0.1, 0.15) is 18.9 Å². The molecular formula is C11H14BrNO3. The molecule has 0 saturated carbocycles. The van der Waals surface area contributed by atoms with E-state index >= 15 is 0 Å². The molecule has 0 aliphatic rings.